The normalized spacial score (nSPS) is 13.7. The van der Waals surface area contributed by atoms with Crippen molar-refractivity contribution in [3.63, 3.8) is 0 Å². The molecule has 6 atom stereocenters. The second-order valence-electron chi connectivity index (χ2n) is 15.1. The summed E-state index contributed by atoms with van der Waals surface area (Å²) in [4.78, 5) is 126. The Labute approximate surface area is 366 Å². The van der Waals surface area contributed by atoms with Gasteiger partial charge in [0.1, 0.15) is 47.8 Å². The molecule has 8 amide bonds. The molecular formula is C41H55FN8O14. The molecule has 0 spiro atoms. The fourth-order valence-corrected chi connectivity index (χ4v) is 5.86. The van der Waals surface area contributed by atoms with Gasteiger partial charge in [0.25, 0.3) is 5.91 Å². The molecule has 64 heavy (non-hydrogen) atoms. The van der Waals surface area contributed by atoms with E-state index in [0.29, 0.717) is 5.56 Å². The van der Waals surface area contributed by atoms with Crippen molar-refractivity contribution in [3.8, 4) is 5.75 Å². The maximum absolute atomic E-state index is 13.8. The van der Waals surface area contributed by atoms with Crippen LogP contribution < -0.4 is 43.0 Å². The Kier molecular flexibility index (Phi) is 21.8. The number of carbonyl (C=O) groups is 10. The Balaban J connectivity index is 2.19. The van der Waals surface area contributed by atoms with Gasteiger partial charge < -0.3 is 63.4 Å². The maximum atomic E-state index is 13.8. The van der Waals surface area contributed by atoms with Crippen LogP contribution in [0.4, 0.5) is 4.39 Å². The summed E-state index contributed by atoms with van der Waals surface area (Å²) in [5.41, 5.74) is 5.95. The number of carbonyl (C=O) groups excluding carboxylic acids is 8. The van der Waals surface area contributed by atoms with Gasteiger partial charge in [0.15, 0.2) is 0 Å². The highest BCUT2D eigenvalue weighted by molar-refractivity contribution is 5.99. The molecule has 350 valence electrons. The number of carboxylic acids is 2. The number of rotatable bonds is 27. The van der Waals surface area contributed by atoms with Crippen molar-refractivity contribution in [2.45, 2.75) is 102 Å². The molecule has 2 aromatic carbocycles. The number of hydrogen-bond donors (Lipinski definition) is 12. The van der Waals surface area contributed by atoms with E-state index in [9.17, 15) is 67.7 Å². The summed E-state index contributed by atoms with van der Waals surface area (Å²) in [6.07, 6.45) is -2.03. The minimum Gasteiger partial charge on any atom is -0.508 e. The summed E-state index contributed by atoms with van der Waals surface area (Å²) in [5, 5.41) is 54.4. The summed E-state index contributed by atoms with van der Waals surface area (Å²) in [6, 6.07) is 1.76. The summed E-state index contributed by atoms with van der Waals surface area (Å²) >= 11 is 0. The molecule has 0 radical (unpaired) electrons. The van der Waals surface area contributed by atoms with Crippen molar-refractivity contribution in [1.82, 2.24) is 37.2 Å². The molecule has 0 unspecified atom stereocenters. The predicted octanol–water partition coefficient (Wildman–Crippen LogP) is -1.92. The van der Waals surface area contributed by atoms with Gasteiger partial charge in [-0.25, -0.2) is 4.39 Å². The van der Waals surface area contributed by atoms with Gasteiger partial charge in [-0.15, -0.1) is 0 Å². The number of halogens is 1. The number of primary amides is 1. The van der Waals surface area contributed by atoms with E-state index in [-0.39, 0.29) is 42.9 Å². The van der Waals surface area contributed by atoms with Crippen LogP contribution in [0.5, 0.6) is 5.75 Å². The van der Waals surface area contributed by atoms with Crippen LogP contribution in [0.25, 0.3) is 0 Å². The molecule has 23 heteroatoms. The standard InChI is InChI=1S/C41H55FN8O14/c1-21(2)17-30(40(63)48-29(12-9-23-7-10-26(52)11-8-23)39(62)47-27(35(43)58)13-15-33(54)55)49-41(64)31(20-51)50-38(61)28(14-16-34(56)57)46-32(53)19-44-36(59)22(3)45-37(60)24-5-4-6-25(42)18-24/h4-8,10-11,18,21-22,27-31,51-52H,9,12-17,19-20H2,1-3H3,(H2,43,58)(H,44,59)(H,45,60)(H,46,53)(H,47,62)(H,48,63)(H,49,64)(H,50,61)(H,54,55)(H,56,57)/t22-,27-,28-,29-,30-,31-/m0/s1. The first-order valence-electron chi connectivity index (χ1n) is 20.1. The van der Waals surface area contributed by atoms with E-state index in [2.05, 4.69) is 37.2 Å². The number of aromatic hydroxyl groups is 1. The van der Waals surface area contributed by atoms with E-state index < -0.39 is 134 Å². The number of aliphatic hydroxyl groups is 1. The zero-order valence-electron chi connectivity index (χ0n) is 35.4. The fourth-order valence-electron chi connectivity index (χ4n) is 5.86. The van der Waals surface area contributed by atoms with Crippen molar-refractivity contribution in [3.05, 3.63) is 65.5 Å². The Bertz CT molecular complexity index is 2000. The second kappa shape index (κ2) is 26.3. The fraction of sp³-hybridized carbons (Fsp3) is 0.463. The van der Waals surface area contributed by atoms with Crippen molar-refractivity contribution < 1.29 is 72.8 Å². The zero-order chi connectivity index (χ0) is 48.1. The maximum Gasteiger partial charge on any atom is 0.303 e. The van der Waals surface area contributed by atoms with Crippen LogP contribution in [0.1, 0.15) is 75.2 Å². The van der Waals surface area contributed by atoms with Crippen LogP contribution in [0.2, 0.25) is 0 Å². The topological polar surface area (TPSA) is 362 Å². The number of phenols is 1. The minimum atomic E-state index is -1.78. The first-order chi connectivity index (χ1) is 30.1. The third-order valence-corrected chi connectivity index (χ3v) is 9.30. The highest BCUT2D eigenvalue weighted by atomic mass is 19.1. The molecule has 2 aromatic rings. The number of carboxylic acid groups (broad SMARTS) is 2. The van der Waals surface area contributed by atoms with Crippen LogP contribution in [-0.4, -0.2) is 129 Å². The number of aliphatic carboxylic acids is 2. The third kappa shape index (κ3) is 19.3. The van der Waals surface area contributed by atoms with Crippen LogP contribution >= 0.6 is 0 Å². The lowest BCUT2D eigenvalue weighted by Gasteiger charge is -2.27. The van der Waals surface area contributed by atoms with Gasteiger partial charge in [0.05, 0.1) is 13.2 Å². The summed E-state index contributed by atoms with van der Waals surface area (Å²) in [7, 11) is 0. The molecule has 13 N–H and O–H groups in total. The summed E-state index contributed by atoms with van der Waals surface area (Å²) < 4.78 is 13.5. The highest BCUT2D eigenvalue weighted by Gasteiger charge is 2.33. The zero-order valence-corrected chi connectivity index (χ0v) is 35.4. The first-order valence-corrected chi connectivity index (χ1v) is 20.1. The average Bonchev–Trinajstić information content (AvgIpc) is 3.22. The predicted molar refractivity (Wildman–Crippen MR) is 222 cm³/mol. The summed E-state index contributed by atoms with van der Waals surface area (Å²) in [5.74, 6) is -11.3. The van der Waals surface area contributed by atoms with E-state index in [1.54, 1.807) is 26.0 Å². The van der Waals surface area contributed by atoms with E-state index in [1.165, 1.54) is 31.2 Å². The number of phenolic OH excluding ortho intramolecular Hbond substituents is 1. The van der Waals surface area contributed by atoms with E-state index in [0.717, 1.165) is 12.1 Å². The molecule has 22 nitrogen and oxygen atoms in total. The Morgan fingerprint density at radius 2 is 1.16 bits per heavy atom. The summed E-state index contributed by atoms with van der Waals surface area (Å²) in [6.45, 7) is 2.88. The largest absolute Gasteiger partial charge is 0.508 e. The van der Waals surface area contributed by atoms with Crippen LogP contribution in [-0.2, 0) is 49.6 Å². The van der Waals surface area contributed by atoms with Gasteiger partial charge in [-0.1, -0.05) is 32.0 Å². The van der Waals surface area contributed by atoms with Gasteiger partial charge in [-0.3, -0.25) is 47.9 Å². The molecule has 0 aromatic heterocycles. The van der Waals surface area contributed by atoms with Crippen LogP contribution in [0.15, 0.2) is 48.5 Å². The Hall–Kier alpha value is -7.17. The number of benzene rings is 2. The van der Waals surface area contributed by atoms with Gasteiger partial charge in [-0.05, 0) is 80.8 Å². The Morgan fingerprint density at radius 1 is 0.641 bits per heavy atom. The number of aryl methyl sites for hydroxylation is 1. The van der Waals surface area contributed by atoms with Crippen LogP contribution in [0.3, 0.4) is 0 Å². The van der Waals surface area contributed by atoms with Crippen LogP contribution in [0, 0.1) is 11.7 Å². The van der Waals surface area contributed by atoms with Gasteiger partial charge in [-0.2, -0.15) is 0 Å². The quantitative estimate of drug-likeness (QED) is 0.0465. The second-order valence-corrected chi connectivity index (χ2v) is 15.1. The number of nitrogens with two attached hydrogens (primary N) is 1. The lowest BCUT2D eigenvalue weighted by molar-refractivity contribution is -0.139. The number of nitrogens with one attached hydrogen (secondary N) is 7. The highest BCUT2D eigenvalue weighted by Crippen LogP contribution is 2.14. The lowest BCUT2D eigenvalue weighted by Crippen LogP contribution is -2.60. The molecular weight excluding hydrogens is 847 g/mol. The van der Waals surface area contributed by atoms with E-state index in [4.69, 9.17) is 10.8 Å². The van der Waals surface area contributed by atoms with E-state index in [1.807, 2.05) is 0 Å². The Morgan fingerprint density at radius 3 is 1.70 bits per heavy atom. The monoisotopic (exact) mass is 902 g/mol. The van der Waals surface area contributed by atoms with Gasteiger partial charge in [0, 0.05) is 18.4 Å². The molecule has 0 aliphatic heterocycles. The lowest BCUT2D eigenvalue weighted by atomic mass is 10.00. The number of hydrogen-bond acceptors (Lipinski definition) is 12. The molecule has 0 aliphatic rings. The third-order valence-electron chi connectivity index (χ3n) is 9.30. The van der Waals surface area contributed by atoms with Crippen molar-refractivity contribution >= 4 is 59.2 Å². The van der Waals surface area contributed by atoms with E-state index >= 15 is 0 Å². The molecule has 0 heterocycles. The van der Waals surface area contributed by atoms with Crippen molar-refractivity contribution in [2.24, 2.45) is 11.7 Å². The number of aliphatic hydroxyl groups excluding tert-OH is 1. The molecule has 0 aliphatic carbocycles. The van der Waals surface area contributed by atoms with Gasteiger partial charge in [0.2, 0.25) is 41.4 Å². The number of amides is 8. The molecule has 0 fully saturated rings. The smallest absolute Gasteiger partial charge is 0.303 e. The molecule has 2 rings (SSSR count). The molecule has 0 saturated carbocycles. The molecule has 0 saturated heterocycles. The molecule has 0 bridgehead atoms. The minimum absolute atomic E-state index is 0.0274. The van der Waals surface area contributed by atoms with Crippen molar-refractivity contribution in [2.75, 3.05) is 13.2 Å². The average molecular weight is 903 g/mol. The SMILES string of the molecule is CC(C)C[C@H](NC(=O)[C@H](CO)NC(=O)[C@H](CCC(=O)O)NC(=O)CNC(=O)[C@H](C)NC(=O)c1cccc(F)c1)C(=O)N[C@@H](CCc1ccc(O)cc1)C(=O)N[C@@H](CCC(=O)O)C(N)=O. The van der Waals surface area contributed by atoms with Gasteiger partial charge >= 0.3 is 11.9 Å². The van der Waals surface area contributed by atoms with Crippen molar-refractivity contribution in [1.29, 1.82) is 0 Å². The first kappa shape index (κ1) is 53.0.